The van der Waals surface area contributed by atoms with Gasteiger partial charge in [-0.2, -0.15) is 0 Å². The van der Waals surface area contributed by atoms with Gasteiger partial charge in [-0.1, -0.05) is 13.0 Å². The van der Waals surface area contributed by atoms with Crippen molar-refractivity contribution < 1.29 is 5.11 Å². The lowest BCUT2D eigenvalue weighted by atomic mass is 10.1. The molecule has 1 rings (SSSR count). The molecule has 0 amide bonds. The molecule has 0 aliphatic heterocycles. The Kier molecular flexibility index (Phi) is 4.83. The quantitative estimate of drug-likeness (QED) is 0.742. The Morgan fingerprint density at radius 1 is 1.64 bits per heavy atom. The Bertz CT molecular complexity index is 191. The van der Waals surface area contributed by atoms with Gasteiger partial charge in [0.1, 0.15) is 0 Å². The molecular formula is C8H12ClNO. The summed E-state index contributed by atoms with van der Waals surface area (Å²) in [6, 6.07) is 3.70. The molecule has 1 aromatic rings. The van der Waals surface area contributed by atoms with E-state index in [-0.39, 0.29) is 18.5 Å². The lowest BCUT2D eigenvalue weighted by molar-refractivity contribution is 0.173. The third-order valence-electron chi connectivity index (χ3n) is 1.46. The minimum Gasteiger partial charge on any atom is -0.388 e. The third-order valence-corrected chi connectivity index (χ3v) is 1.46. The van der Waals surface area contributed by atoms with E-state index in [9.17, 15) is 5.11 Å². The first-order chi connectivity index (χ1) is 4.84. The first-order valence-corrected chi connectivity index (χ1v) is 3.42. The van der Waals surface area contributed by atoms with Crippen LogP contribution in [0, 0.1) is 0 Å². The Labute approximate surface area is 72.7 Å². The maximum Gasteiger partial charge on any atom is 0.0802 e. The molecule has 0 aliphatic rings. The Morgan fingerprint density at radius 2 is 2.36 bits per heavy atom. The van der Waals surface area contributed by atoms with Gasteiger partial charge in [-0.3, -0.25) is 4.98 Å². The summed E-state index contributed by atoms with van der Waals surface area (Å²) in [7, 11) is 0. The average molecular weight is 174 g/mol. The lowest BCUT2D eigenvalue weighted by Gasteiger charge is -2.05. The van der Waals surface area contributed by atoms with Gasteiger partial charge in [0.05, 0.1) is 6.10 Å². The highest BCUT2D eigenvalue weighted by Gasteiger charge is 2.01. The van der Waals surface area contributed by atoms with E-state index in [0.717, 1.165) is 12.0 Å². The fraction of sp³-hybridized carbons (Fsp3) is 0.375. The standard InChI is InChI=1S/C8H11NO.ClH/c1-2-8(10)7-4-3-5-9-6-7;/h3-6,8,10H,2H2,1H3;1H. The summed E-state index contributed by atoms with van der Waals surface area (Å²) in [6.45, 7) is 1.94. The van der Waals surface area contributed by atoms with Gasteiger partial charge in [0.2, 0.25) is 0 Å². The summed E-state index contributed by atoms with van der Waals surface area (Å²) in [5.41, 5.74) is 0.894. The van der Waals surface area contributed by atoms with Crippen LogP contribution < -0.4 is 0 Å². The molecular weight excluding hydrogens is 162 g/mol. The Balaban J connectivity index is 0.000001000. The normalized spacial score (nSPS) is 11.8. The number of rotatable bonds is 2. The van der Waals surface area contributed by atoms with Crippen molar-refractivity contribution in [2.24, 2.45) is 0 Å². The number of nitrogens with zero attached hydrogens (tertiary/aromatic N) is 1. The molecule has 0 saturated heterocycles. The maximum absolute atomic E-state index is 9.29. The van der Waals surface area contributed by atoms with Crippen molar-refractivity contribution in [3.05, 3.63) is 30.1 Å². The summed E-state index contributed by atoms with van der Waals surface area (Å²) >= 11 is 0. The zero-order valence-electron chi connectivity index (χ0n) is 6.40. The number of halogens is 1. The predicted octanol–water partition coefficient (Wildman–Crippen LogP) is 1.95. The van der Waals surface area contributed by atoms with Crippen LogP contribution in [0.4, 0.5) is 0 Å². The fourth-order valence-corrected chi connectivity index (χ4v) is 0.809. The summed E-state index contributed by atoms with van der Waals surface area (Å²) in [4.78, 5) is 3.89. The van der Waals surface area contributed by atoms with Gasteiger partial charge >= 0.3 is 0 Å². The van der Waals surface area contributed by atoms with Gasteiger partial charge in [-0.15, -0.1) is 12.4 Å². The van der Waals surface area contributed by atoms with Crippen LogP contribution in [0.5, 0.6) is 0 Å². The minimum absolute atomic E-state index is 0. The van der Waals surface area contributed by atoms with E-state index >= 15 is 0 Å². The highest BCUT2D eigenvalue weighted by Crippen LogP contribution is 2.12. The zero-order chi connectivity index (χ0) is 7.40. The van der Waals surface area contributed by atoms with E-state index in [1.807, 2.05) is 19.1 Å². The van der Waals surface area contributed by atoms with E-state index in [1.165, 1.54) is 0 Å². The van der Waals surface area contributed by atoms with E-state index < -0.39 is 0 Å². The SMILES string of the molecule is CCC(O)c1cccnc1.Cl. The maximum atomic E-state index is 9.29. The van der Waals surface area contributed by atoms with E-state index in [1.54, 1.807) is 12.4 Å². The number of aromatic nitrogens is 1. The largest absolute Gasteiger partial charge is 0.388 e. The second kappa shape index (κ2) is 5.10. The van der Waals surface area contributed by atoms with Gasteiger partial charge in [-0.05, 0) is 18.1 Å². The fourth-order valence-electron chi connectivity index (χ4n) is 0.809. The van der Waals surface area contributed by atoms with Crippen molar-refractivity contribution in [1.29, 1.82) is 0 Å². The van der Waals surface area contributed by atoms with E-state index in [4.69, 9.17) is 0 Å². The first kappa shape index (κ1) is 10.4. The van der Waals surface area contributed by atoms with Crippen molar-refractivity contribution in [3.8, 4) is 0 Å². The number of pyridine rings is 1. The van der Waals surface area contributed by atoms with E-state index in [0.29, 0.717) is 0 Å². The molecule has 11 heavy (non-hydrogen) atoms. The molecule has 0 bridgehead atoms. The third kappa shape index (κ3) is 2.87. The molecule has 0 aromatic carbocycles. The summed E-state index contributed by atoms with van der Waals surface area (Å²) in [5.74, 6) is 0. The summed E-state index contributed by atoms with van der Waals surface area (Å²) in [6.07, 6.45) is 3.78. The molecule has 0 spiro atoms. The molecule has 0 fully saturated rings. The molecule has 1 aromatic heterocycles. The second-order valence-electron chi connectivity index (χ2n) is 2.21. The van der Waals surface area contributed by atoms with Crippen LogP contribution in [0.2, 0.25) is 0 Å². The molecule has 1 heterocycles. The van der Waals surface area contributed by atoms with Crippen LogP contribution in [0.25, 0.3) is 0 Å². The first-order valence-electron chi connectivity index (χ1n) is 3.42. The summed E-state index contributed by atoms with van der Waals surface area (Å²) in [5, 5.41) is 9.29. The molecule has 62 valence electrons. The molecule has 0 radical (unpaired) electrons. The van der Waals surface area contributed by atoms with Crippen LogP contribution in [-0.4, -0.2) is 10.1 Å². The van der Waals surface area contributed by atoms with Gasteiger partial charge in [-0.25, -0.2) is 0 Å². The highest BCUT2D eigenvalue weighted by molar-refractivity contribution is 5.85. The van der Waals surface area contributed by atoms with Crippen LogP contribution in [0.15, 0.2) is 24.5 Å². The molecule has 2 nitrogen and oxygen atoms in total. The van der Waals surface area contributed by atoms with Gasteiger partial charge < -0.3 is 5.11 Å². The smallest absolute Gasteiger partial charge is 0.0802 e. The van der Waals surface area contributed by atoms with Crippen molar-refractivity contribution in [2.45, 2.75) is 19.4 Å². The lowest BCUT2D eigenvalue weighted by Crippen LogP contribution is -1.94. The Hall–Kier alpha value is -0.600. The molecule has 3 heteroatoms. The van der Waals surface area contributed by atoms with Crippen molar-refractivity contribution >= 4 is 12.4 Å². The van der Waals surface area contributed by atoms with Gasteiger partial charge in [0, 0.05) is 12.4 Å². The molecule has 0 saturated carbocycles. The van der Waals surface area contributed by atoms with Crippen molar-refractivity contribution in [1.82, 2.24) is 4.98 Å². The molecule has 1 unspecified atom stereocenters. The number of aliphatic hydroxyl groups excluding tert-OH is 1. The second-order valence-corrected chi connectivity index (χ2v) is 2.21. The topological polar surface area (TPSA) is 33.1 Å². The Morgan fingerprint density at radius 3 is 2.82 bits per heavy atom. The predicted molar refractivity (Wildman–Crippen MR) is 46.7 cm³/mol. The summed E-state index contributed by atoms with van der Waals surface area (Å²) < 4.78 is 0. The molecule has 1 atom stereocenters. The van der Waals surface area contributed by atoms with Crippen LogP contribution in [0.3, 0.4) is 0 Å². The van der Waals surface area contributed by atoms with Crippen LogP contribution in [0.1, 0.15) is 25.0 Å². The number of aliphatic hydroxyl groups is 1. The van der Waals surface area contributed by atoms with Gasteiger partial charge in [0.25, 0.3) is 0 Å². The van der Waals surface area contributed by atoms with Crippen molar-refractivity contribution in [2.75, 3.05) is 0 Å². The molecule has 1 N–H and O–H groups in total. The number of hydrogen-bond donors (Lipinski definition) is 1. The molecule has 0 aliphatic carbocycles. The van der Waals surface area contributed by atoms with Crippen molar-refractivity contribution in [3.63, 3.8) is 0 Å². The van der Waals surface area contributed by atoms with Crippen LogP contribution in [-0.2, 0) is 0 Å². The zero-order valence-corrected chi connectivity index (χ0v) is 7.21. The average Bonchev–Trinajstić information content (AvgIpc) is 2.05. The van der Waals surface area contributed by atoms with Crippen LogP contribution >= 0.6 is 12.4 Å². The van der Waals surface area contributed by atoms with Gasteiger partial charge in [0.15, 0.2) is 0 Å². The monoisotopic (exact) mass is 173 g/mol. The highest BCUT2D eigenvalue weighted by atomic mass is 35.5. The van der Waals surface area contributed by atoms with E-state index in [2.05, 4.69) is 4.98 Å². The number of hydrogen-bond acceptors (Lipinski definition) is 2. The minimum atomic E-state index is -0.353.